The van der Waals surface area contributed by atoms with E-state index in [1.54, 1.807) is 7.11 Å². The second-order valence-electron chi connectivity index (χ2n) is 4.88. The van der Waals surface area contributed by atoms with Crippen molar-refractivity contribution in [3.8, 4) is 5.75 Å². The molecule has 3 heteroatoms. The number of nitrogens with zero attached hydrogens (tertiary/aromatic N) is 1. The third-order valence-corrected chi connectivity index (χ3v) is 3.72. The lowest BCUT2D eigenvalue weighted by Gasteiger charge is -2.38. The summed E-state index contributed by atoms with van der Waals surface area (Å²) < 4.78 is 5.42. The first kappa shape index (κ1) is 12.2. The van der Waals surface area contributed by atoms with Gasteiger partial charge in [-0.15, -0.1) is 0 Å². The van der Waals surface area contributed by atoms with Gasteiger partial charge in [0.05, 0.1) is 7.11 Å². The zero-order valence-corrected chi connectivity index (χ0v) is 10.9. The fourth-order valence-corrected chi connectivity index (χ4v) is 2.45. The number of nitrogens with two attached hydrogens (primary N) is 1. The van der Waals surface area contributed by atoms with Crippen molar-refractivity contribution in [2.45, 2.75) is 38.3 Å². The molecule has 17 heavy (non-hydrogen) atoms. The first-order valence-electron chi connectivity index (χ1n) is 6.30. The highest BCUT2D eigenvalue weighted by atomic mass is 16.5. The summed E-state index contributed by atoms with van der Waals surface area (Å²) in [5.74, 6) is 0.892. The Kier molecular flexibility index (Phi) is 3.57. The summed E-state index contributed by atoms with van der Waals surface area (Å²) in [4.78, 5) is 2.35. The number of benzene rings is 1. The van der Waals surface area contributed by atoms with Crippen molar-refractivity contribution in [3.63, 3.8) is 0 Å². The average molecular weight is 234 g/mol. The van der Waals surface area contributed by atoms with Gasteiger partial charge in [-0.3, -0.25) is 0 Å². The number of anilines is 1. The van der Waals surface area contributed by atoms with E-state index in [2.05, 4.69) is 18.0 Å². The Bertz CT molecular complexity index is 386. The Morgan fingerprint density at radius 3 is 2.59 bits per heavy atom. The Balaban J connectivity index is 2.37. The maximum atomic E-state index is 6.08. The van der Waals surface area contributed by atoms with Crippen molar-refractivity contribution in [2.24, 2.45) is 5.73 Å². The molecule has 2 N–H and O–H groups in total. The van der Waals surface area contributed by atoms with Gasteiger partial charge >= 0.3 is 0 Å². The molecule has 3 nitrogen and oxygen atoms in total. The van der Waals surface area contributed by atoms with Crippen LogP contribution in [0.2, 0.25) is 0 Å². The van der Waals surface area contributed by atoms with E-state index in [9.17, 15) is 0 Å². The largest absolute Gasteiger partial charge is 0.496 e. The molecule has 0 radical (unpaired) electrons. The maximum Gasteiger partial charge on any atom is 0.125 e. The molecule has 0 unspecified atom stereocenters. The van der Waals surface area contributed by atoms with Crippen molar-refractivity contribution >= 4 is 5.69 Å². The van der Waals surface area contributed by atoms with Crippen LogP contribution in [-0.2, 0) is 0 Å². The van der Waals surface area contributed by atoms with Gasteiger partial charge in [0.15, 0.2) is 0 Å². The molecule has 2 rings (SSSR count). The topological polar surface area (TPSA) is 38.5 Å². The quantitative estimate of drug-likeness (QED) is 0.870. The summed E-state index contributed by atoms with van der Waals surface area (Å²) in [6, 6.07) is 6.81. The summed E-state index contributed by atoms with van der Waals surface area (Å²) in [6.45, 7) is 2.01. The SMILES string of the molecule is COc1cccc(N(C)C2CCC2)c1[C@H](C)N. The van der Waals surface area contributed by atoms with Gasteiger partial charge in [0.1, 0.15) is 5.75 Å². The van der Waals surface area contributed by atoms with Crippen LogP contribution >= 0.6 is 0 Å². The van der Waals surface area contributed by atoms with Crippen LogP contribution in [0.4, 0.5) is 5.69 Å². The van der Waals surface area contributed by atoms with Gasteiger partial charge in [-0.05, 0) is 38.3 Å². The van der Waals surface area contributed by atoms with Crippen molar-refractivity contribution in [2.75, 3.05) is 19.1 Å². The monoisotopic (exact) mass is 234 g/mol. The molecule has 1 aliphatic carbocycles. The van der Waals surface area contributed by atoms with Crippen LogP contribution in [0.5, 0.6) is 5.75 Å². The molecule has 1 aromatic rings. The molecule has 94 valence electrons. The van der Waals surface area contributed by atoms with E-state index in [4.69, 9.17) is 10.5 Å². The third kappa shape index (κ3) is 2.25. The molecule has 0 amide bonds. The standard InChI is InChI=1S/C14H22N2O/c1-10(15)14-12(8-5-9-13(14)17-3)16(2)11-6-4-7-11/h5,8-11H,4,6-7,15H2,1-3H3/t10-/m0/s1. The van der Waals surface area contributed by atoms with Gasteiger partial charge in [-0.1, -0.05) is 6.07 Å². The predicted molar refractivity (Wildman–Crippen MR) is 71.6 cm³/mol. The van der Waals surface area contributed by atoms with Crippen LogP contribution in [0.15, 0.2) is 18.2 Å². The Labute approximate surface area is 104 Å². The average Bonchev–Trinajstić information content (AvgIpc) is 2.25. The molecule has 1 fully saturated rings. The molecular weight excluding hydrogens is 212 g/mol. The summed E-state index contributed by atoms with van der Waals surface area (Å²) in [5, 5.41) is 0. The Morgan fingerprint density at radius 2 is 2.12 bits per heavy atom. The van der Waals surface area contributed by atoms with E-state index in [0.717, 1.165) is 11.3 Å². The minimum Gasteiger partial charge on any atom is -0.496 e. The second-order valence-corrected chi connectivity index (χ2v) is 4.88. The number of rotatable bonds is 4. The van der Waals surface area contributed by atoms with Crippen molar-refractivity contribution < 1.29 is 4.74 Å². The number of hydrogen-bond donors (Lipinski definition) is 1. The molecule has 0 aliphatic heterocycles. The fourth-order valence-electron chi connectivity index (χ4n) is 2.45. The van der Waals surface area contributed by atoms with Crippen molar-refractivity contribution in [3.05, 3.63) is 23.8 Å². The van der Waals surface area contributed by atoms with Gasteiger partial charge in [-0.2, -0.15) is 0 Å². The highest BCUT2D eigenvalue weighted by Crippen LogP contribution is 2.36. The summed E-state index contributed by atoms with van der Waals surface area (Å²) in [6.07, 6.45) is 3.91. The molecule has 0 heterocycles. The van der Waals surface area contributed by atoms with Crippen LogP contribution in [0, 0.1) is 0 Å². The molecule has 1 aromatic carbocycles. The zero-order chi connectivity index (χ0) is 12.4. The first-order valence-corrected chi connectivity index (χ1v) is 6.30. The lowest BCUT2D eigenvalue weighted by Crippen LogP contribution is -2.38. The minimum absolute atomic E-state index is 0.0105. The Hall–Kier alpha value is -1.22. The lowest BCUT2D eigenvalue weighted by atomic mass is 9.90. The van der Waals surface area contributed by atoms with Crippen molar-refractivity contribution in [1.29, 1.82) is 0 Å². The first-order chi connectivity index (χ1) is 8.15. The van der Waals surface area contributed by atoms with Crippen LogP contribution in [-0.4, -0.2) is 20.2 Å². The molecule has 1 aliphatic rings. The van der Waals surface area contributed by atoms with Crippen LogP contribution in [0.25, 0.3) is 0 Å². The van der Waals surface area contributed by atoms with E-state index < -0.39 is 0 Å². The van der Waals surface area contributed by atoms with Crippen LogP contribution in [0.1, 0.15) is 37.8 Å². The number of ether oxygens (including phenoxy) is 1. The smallest absolute Gasteiger partial charge is 0.125 e. The zero-order valence-electron chi connectivity index (χ0n) is 10.9. The lowest BCUT2D eigenvalue weighted by molar-refractivity contribution is 0.394. The third-order valence-electron chi connectivity index (χ3n) is 3.72. The van der Waals surface area contributed by atoms with E-state index in [0.29, 0.717) is 6.04 Å². The van der Waals surface area contributed by atoms with Crippen LogP contribution < -0.4 is 15.4 Å². The highest BCUT2D eigenvalue weighted by Gasteiger charge is 2.25. The number of hydrogen-bond acceptors (Lipinski definition) is 3. The van der Waals surface area contributed by atoms with Crippen LogP contribution in [0.3, 0.4) is 0 Å². The molecule has 1 saturated carbocycles. The molecule has 0 bridgehead atoms. The number of methoxy groups -OCH3 is 1. The molecule has 0 saturated heterocycles. The molecule has 1 atom stereocenters. The summed E-state index contributed by atoms with van der Waals surface area (Å²) in [5.41, 5.74) is 8.41. The fraction of sp³-hybridized carbons (Fsp3) is 0.571. The van der Waals surface area contributed by atoms with Gasteiger partial charge in [0.25, 0.3) is 0 Å². The van der Waals surface area contributed by atoms with Gasteiger partial charge in [0, 0.05) is 30.4 Å². The Morgan fingerprint density at radius 1 is 1.41 bits per heavy atom. The summed E-state index contributed by atoms with van der Waals surface area (Å²) >= 11 is 0. The normalized spacial score (nSPS) is 17.4. The van der Waals surface area contributed by atoms with E-state index in [1.807, 2.05) is 19.1 Å². The van der Waals surface area contributed by atoms with E-state index in [1.165, 1.54) is 24.9 Å². The summed E-state index contributed by atoms with van der Waals surface area (Å²) in [7, 11) is 3.86. The maximum absolute atomic E-state index is 6.08. The second kappa shape index (κ2) is 4.96. The van der Waals surface area contributed by atoms with E-state index in [-0.39, 0.29) is 6.04 Å². The predicted octanol–water partition coefficient (Wildman–Crippen LogP) is 2.70. The minimum atomic E-state index is -0.0105. The van der Waals surface area contributed by atoms with Gasteiger partial charge in [0.2, 0.25) is 0 Å². The molecule has 0 aromatic heterocycles. The van der Waals surface area contributed by atoms with Gasteiger partial charge < -0.3 is 15.4 Å². The van der Waals surface area contributed by atoms with Gasteiger partial charge in [-0.25, -0.2) is 0 Å². The van der Waals surface area contributed by atoms with E-state index >= 15 is 0 Å². The highest BCUT2D eigenvalue weighted by molar-refractivity contribution is 5.61. The van der Waals surface area contributed by atoms with Crippen molar-refractivity contribution in [1.82, 2.24) is 0 Å². The molecular formula is C14H22N2O. The molecule has 0 spiro atoms.